The van der Waals surface area contributed by atoms with E-state index >= 15 is 0 Å². The summed E-state index contributed by atoms with van der Waals surface area (Å²) in [5, 5.41) is 7.35. The highest BCUT2D eigenvalue weighted by atomic mass is 16.5. The van der Waals surface area contributed by atoms with E-state index in [4.69, 9.17) is 4.74 Å². The fourth-order valence-electron chi connectivity index (χ4n) is 3.46. The van der Waals surface area contributed by atoms with Crippen molar-refractivity contribution in [1.29, 1.82) is 0 Å². The number of hydrogen-bond acceptors (Lipinski definition) is 4. The molecule has 0 aliphatic rings. The molecule has 2 aromatic carbocycles. The van der Waals surface area contributed by atoms with E-state index in [1.165, 1.54) is 0 Å². The van der Waals surface area contributed by atoms with E-state index in [1.807, 2.05) is 60.7 Å². The van der Waals surface area contributed by atoms with Crippen LogP contribution in [0.25, 0.3) is 16.9 Å². The summed E-state index contributed by atoms with van der Waals surface area (Å²) < 4.78 is 7.01. The summed E-state index contributed by atoms with van der Waals surface area (Å²) in [7, 11) is 1.64. The number of carbonyl (C=O) groups excluding carboxylic acids is 1. The molecule has 0 saturated carbocycles. The third kappa shape index (κ3) is 4.03. The van der Waals surface area contributed by atoms with Crippen molar-refractivity contribution in [3.63, 3.8) is 0 Å². The van der Waals surface area contributed by atoms with Crippen molar-refractivity contribution < 1.29 is 9.53 Å². The Kier molecular flexibility index (Phi) is 5.75. The standard InChI is InChI=1S/C24H24N4O2/c1-3-4-7-17-8-5-6-9-20(17)24(29)27-22-16-21(28-23(26-22)14-15-25-28)18-10-12-19(30-2)13-11-18/h5-6,8-16H,3-4,7H2,1-2H3,(H,26,27,29). The molecule has 152 valence electrons. The maximum Gasteiger partial charge on any atom is 0.257 e. The molecule has 2 heterocycles. The van der Waals surface area contributed by atoms with Crippen molar-refractivity contribution in [3.05, 3.63) is 78.0 Å². The molecule has 0 fully saturated rings. The summed E-state index contributed by atoms with van der Waals surface area (Å²) in [4.78, 5) is 17.6. The number of nitrogens with one attached hydrogen (secondary N) is 1. The Labute approximate surface area is 175 Å². The van der Waals surface area contributed by atoms with E-state index in [0.29, 0.717) is 17.0 Å². The van der Waals surface area contributed by atoms with Crippen LogP contribution in [-0.4, -0.2) is 27.6 Å². The van der Waals surface area contributed by atoms with Gasteiger partial charge in [0.2, 0.25) is 0 Å². The number of fused-ring (bicyclic) bond motifs is 1. The molecule has 2 aromatic heterocycles. The summed E-state index contributed by atoms with van der Waals surface area (Å²) in [5.74, 6) is 1.12. The average Bonchev–Trinajstić information content (AvgIpc) is 3.26. The summed E-state index contributed by atoms with van der Waals surface area (Å²) >= 11 is 0. The normalized spacial score (nSPS) is 10.9. The zero-order valence-electron chi connectivity index (χ0n) is 17.1. The second kappa shape index (κ2) is 8.78. The molecule has 4 rings (SSSR count). The molecule has 0 unspecified atom stereocenters. The van der Waals surface area contributed by atoms with Gasteiger partial charge in [-0.25, -0.2) is 9.50 Å². The number of hydrogen-bond donors (Lipinski definition) is 1. The molecule has 0 spiro atoms. The van der Waals surface area contributed by atoms with Gasteiger partial charge in [0.1, 0.15) is 11.6 Å². The van der Waals surface area contributed by atoms with Crippen molar-refractivity contribution in [2.24, 2.45) is 0 Å². The Morgan fingerprint density at radius 1 is 1.10 bits per heavy atom. The molecule has 6 heteroatoms. The molecule has 6 nitrogen and oxygen atoms in total. The summed E-state index contributed by atoms with van der Waals surface area (Å²) in [6.07, 6.45) is 4.71. The first-order valence-corrected chi connectivity index (χ1v) is 10.1. The molecular formula is C24H24N4O2. The second-order valence-corrected chi connectivity index (χ2v) is 7.07. The van der Waals surface area contributed by atoms with E-state index in [-0.39, 0.29) is 5.91 Å². The molecule has 0 aliphatic heterocycles. The number of aryl methyl sites for hydroxylation is 1. The number of ether oxygens (including phenoxy) is 1. The fraction of sp³-hybridized carbons (Fsp3) is 0.208. The van der Waals surface area contributed by atoms with Crippen molar-refractivity contribution >= 4 is 17.4 Å². The highest BCUT2D eigenvalue weighted by molar-refractivity contribution is 6.05. The molecule has 0 atom stereocenters. The van der Waals surface area contributed by atoms with Crippen LogP contribution in [0.2, 0.25) is 0 Å². The molecular weight excluding hydrogens is 376 g/mol. The lowest BCUT2D eigenvalue weighted by Gasteiger charge is -2.12. The minimum atomic E-state index is -0.154. The number of rotatable bonds is 7. The SMILES string of the molecule is CCCCc1ccccc1C(=O)Nc1cc(-c2ccc(OC)cc2)n2nccc2n1. The number of benzene rings is 2. The third-order valence-corrected chi connectivity index (χ3v) is 5.05. The largest absolute Gasteiger partial charge is 0.497 e. The van der Waals surface area contributed by atoms with Crippen LogP contribution in [-0.2, 0) is 6.42 Å². The quantitative estimate of drug-likeness (QED) is 0.474. The van der Waals surface area contributed by atoms with Gasteiger partial charge in [-0.1, -0.05) is 31.5 Å². The summed E-state index contributed by atoms with van der Waals surface area (Å²) in [5.41, 5.74) is 4.19. The number of nitrogens with zero attached hydrogens (tertiary/aromatic N) is 3. The Balaban J connectivity index is 1.68. The highest BCUT2D eigenvalue weighted by Crippen LogP contribution is 2.25. The Morgan fingerprint density at radius 3 is 2.67 bits per heavy atom. The van der Waals surface area contributed by atoms with Crippen LogP contribution >= 0.6 is 0 Å². The minimum Gasteiger partial charge on any atom is -0.497 e. The third-order valence-electron chi connectivity index (χ3n) is 5.05. The fourth-order valence-corrected chi connectivity index (χ4v) is 3.46. The smallest absolute Gasteiger partial charge is 0.257 e. The van der Waals surface area contributed by atoms with Crippen LogP contribution < -0.4 is 10.1 Å². The van der Waals surface area contributed by atoms with Gasteiger partial charge in [0.25, 0.3) is 5.91 Å². The first-order valence-electron chi connectivity index (χ1n) is 10.1. The summed E-state index contributed by atoms with van der Waals surface area (Å²) in [6, 6.07) is 19.1. The van der Waals surface area contributed by atoms with Crippen LogP contribution in [0.15, 0.2) is 66.9 Å². The predicted octanol–water partition coefficient (Wildman–Crippen LogP) is 5.00. The van der Waals surface area contributed by atoms with Crippen LogP contribution in [0.5, 0.6) is 5.75 Å². The van der Waals surface area contributed by atoms with E-state index in [1.54, 1.807) is 17.8 Å². The topological polar surface area (TPSA) is 68.5 Å². The lowest BCUT2D eigenvalue weighted by atomic mass is 10.0. The Hall–Kier alpha value is -3.67. The number of amides is 1. The average molecular weight is 400 g/mol. The molecule has 0 saturated heterocycles. The zero-order valence-corrected chi connectivity index (χ0v) is 17.1. The minimum absolute atomic E-state index is 0.154. The lowest BCUT2D eigenvalue weighted by molar-refractivity contribution is 0.102. The zero-order chi connectivity index (χ0) is 20.9. The van der Waals surface area contributed by atoms with Crippen molar-refractivity contribution in [1.82, 2.24) is 14.6 Å². The van der Waals surface area contributed by atoms with E-state index in [0.717, 1.165) is 41.8 Å². The van der Waals surface area contributed by atoms with Crippen molar-refractivity contribution in [2.75, 3.05) is 12.4 Å². The maximum absolute atomic E-state index is 13.0. The van der Waals surface area contributed by atoms with Crippen LogP contribution in [0, 0.1) is 0 Å². The first kappa shape index (κ1) is 19.6. The van der Waals surface area contributed by atoms with E-state index in [2.05, 4.69) is 22.3 Å². The van der Waals surface area contributed by atoms with E-state index < -0.39 is 0 Å². The predicted molar refractivity (Wildman–Crippen MR) is 118 cm³/mol. The Morgan fingerprint density at radius 2 is 1.90 bits per heavy atom. The van der Waals surface area contributed by atoms with Crippen LogP contribution in [0.3, 0.4) is 0 Å². The van der Waals surface area contributed by atoms with Gasteiger partial charge in [0.05, 0.1) is 19.0 Å². The molecule has 1 amide bonds. The molecule has 0 aliphatic carbocycles. The van der Waals surface area contributed by atoms with Gasteiger partial charge in [0, 0.05) is 23.3 Å². The van der Waals surface area contributed by atoms with Crippen molar-refractivity contribution in [2.45, 2.75) is 26.2 Å². The monoisotopic (exact) mass is 400 g/mol. The van der Waals surface area contributed by atoms with Crippen LogP contribution in [0.4, 0.5) is 5.82 Å². The number of unbranched alkanes of at least 4 members (excludes halogenated alkanes) is 1. The Bertz CT molecular complexity index is 1170. The van der Waals surface area contributed by atoms with Crippen LogP contribution in [0.1, 0.15) is 35.7 Å². The number of methoxy groups -OCH3 is 1. The lowest BCUT2D eigenvalue weighted by Crippen LogP contribution is -2.16. The van der Waals surface area contributed by atoms with Gasteiger partial charge in [0.15, 0.2) is 5.65 Å². The molecule has 30 heavy (non-hydrogen) atoms. The molecule has 4 aromatic rings. The first-order chi connectivity index (χ1) is 14.7. The maximum atomic E-state index is 13.0. The van der Waals surface area contributed by atoms with Crippen molar-refractivity contribution in [3.8, 4) is 17.0 Å². The summed E-state index contributed by atoms with van der Waals surface area (Å²) in [6.45, 7) is 2.15. The van der Waals surface area contributed by atoms with E-state index in [9.17, 15) is 4.79 Å². The molecule has 1 N–H and O–H groups in total. The number of anilines is 1. The van der Waals surface area contributed by atoms with Gasteiger partial charge in [-0.2, -0.15) is 5.10 Å². The second-order valence-electron chi connectivity index (χ2n) is 7.07. The van der Waals surface area contributed by atoms with Gasteiger partial charge in [-0.3, -0.25) is 4.79 Å². The van der Waals surface area contributed by atoms with Gasteiger partial charge in [-0.05, 0) is 48.7 Å². The number of carbonyl (C=O) groups is 1. The van der Waals surface area contributed by atoms with Gasteiger partial charge < -0.3 is 10.1 Å². The molecule has 0 bridgehead atoms. The van der Waals surface area contributed by atoms with Gasteiger partial charge >= 0.3 is 0 Å². The van der Waals surface area contributed by atoms with Gasteiger partial charge in [-0.15, -0.1) is 0 Å². The number of aromatic nitrogens is 3. The highest BCUT2D eigenvalue weighted by Gasteiger charge is 2.14. The molecule has 0 radical (unpaired) electrons.